The van der Waals surface area contributed by atoms with E-state index < -0.39 is 5.97 Å². The van der Waals surface area contributed by atoms with E-state index in [4.69, 9.17) is 28.8 Å². The van der Waals surface area contributed by atoms with Crippen LogP contribution in [0.1, 0.15) is 45.4 Å². The molecule has 0 aliphatic rings. The van der Waals surface area contributed by atoms with Crippen LogP contribution in [-0.2, 0) is 33.3 Å². The molecule has 1 atom stereocenters. The third-order valence-corrected chi connectivity index (χ3v) is 4.16. The summed E-state index contributed by atoms with van der Waals surface area (Å²) in [4.78, 5) is 22.0. The Bertz CT molecular complexity index is 447. The van der Waals surface area contributed by atoms with Crippen molar-refractivity contribution in [3.63, 3.8) is 0 Å². The van der Waals surface area contributed by atoms with Gasteiger partial charge in [0.25, 0.3) is 0 Å². The van der Waals surface area contributed by atoms with Crippen LogP contribution in [0.2, 0.25) is 0 Å². The van der Waals surface area contributed by atoms with Crippen molar-refractivity contribution in [3.05, 3.63) is 12.7 Å². The van der Waals surface area contributed by atoms with Gasteiger partial charge in [-0.25, -0.2) is 0 Å². The molecule has 31 heavy (non-hydrogen) atoms. The van der Waals surface area contributed by atoms with E-state index in [2.05, 4.69) is 11.9 Å². The van der Waals surface area contributed by atoms with Crippen LogP contribution in [0, 0.1) is 0 Å². The van der Waals surface area contributed by atoms with E-state index in [1.54, 1.807) is 0 Å². The number of hydrogen-bond donors (Lipinski definition) is 2. The highest BCUT2D eigenvalue weighted by molar-refractivity contribution is 5.77. The average molecular weight is 448 g/mol. The first-order valence-corrected chi connectivity index (χ1v) is 11.1. The number of allylic oxidation sites excluding steroid dienone is 1. The van der Waals surface area contributed by atoms with E-state index in [-0.39, 0.29) is 31.6 Å². The van der Waals surface area contributed by atoms with E-state index in [1.165, 1.54) is 0 Å². The second-order valence-electron chi connectivity index (χ2n) is 6.99. The van der Waals surface area contributed by atoms with Crippen molar-refractivity contribution in [2.75, 3.05) is 66.0 Å². The van der Waals surface area contributed by atoms with Crippen LogP contribution in [0.4, 0.5) is 0 Å². The average Bonchev–Trinajstić information content (AvgIpc) is 2.74. The lowest BCUT2D eigenvalue weighted by molar-refractivity contribution is -0.138. The smallest absolute Gasteiger partial charge is 0.305 e. The summed E-state index contributed by atoms with van der Waals surface area (Å²) < 4.78 is 26.7. The highest BCUT2D eigenvalue weighted by Crippen LogP contribution is 2.08. The highest BCUT2D eigenvalue weighted by atomic mass is 16.6. The summed E-state index contributed by atoms with van der Waals surface area (Å²) in [6.45, 7) is 9.34. The van der Waals surface area contributed by atoms with Gasteiger partial charge in [-0.15, -0.1) is 6.58 Å². The van der Waals surface area contributed by atoms with Gasteiger partial charge in [-0.2, -0.15) is 0 Å². The van der Waals surface area contributed by atoms with Crippen LogP contribution < -0.4 is 5.32 Å². The van der Waals surface area contributed by atoms with Gasteiger partial charge < -0.3 is 34.1 Å². The topological polar surface area (TPSA) is 113 Å². The summed E-state index contributed by atoms with van der Waals surface area (Å²) in [6.07, 6.45) is 7.43. The van der Waals surface area contributed by atoms with E-state index >= 15 is 0 Å². The molecule has 1 amide bonds. The number of hydrogen-bond acceptors (Lipinski definition) is 7. The zero-order valence-corrected chi connectivity index (χ0v) is 19.0. The van der Waals surface area contributed by atoms with Gasteiger partial charge in [0.05, 0.1) is 65.4 Å². The van der Waals surface area contributed by atoms with E-state index in [0.29, 0.717) is 52.8 Å². The molecule has 9 heteroatoms. The number of ether oxygens (including phenoxy) is 5. The molecule has 9 nitrogen and oxygen atoms in total. The first-order valence-electron chi connectivity index (χ1n) is 11.1. The summed E-state index contributed by atoms with van der Waals surface area (Å²) in [5, 5.41) is 11.2. The highest BCUT2D eigenvalue weighted by Gasteiger charge is 2.06. The monoisotopic (exact) mass is 447 g/mol. The quantitative estimate of drug-likeness (QED) is 0.171. The minimum atomic E-state index is -0.876. The number of rotatable bonds is 24. The van der Waals surface area contributed by atoms with Gasteiger partial charge in [0.1, 0.15) is 6.61 Å². The lowest BCUT2D eigenvalue weighted by Gasteiger charge is -2.13. The predicted molar refractivity (Wildman–Crippen MR) is 117 cm³/mol. The molecule has 0 heterocycles. The Balaban J connectivity index is 3.26. The minimum Gasteiger partial charge on any atom is -0.481 e. The van der Waals surface area contributed by atoms with Crippen LogP contribution in [0.3, 0.4) is 0 Å². The molecular formula is C22H41NO8. The molecule has 0 aliphatic carbocycles. The van der Waals surface area contributed by atoms with Crippen LogP contribution in [0.5, 0.6) is 0 Å². The number of nitrogens with one attached hydrogen (secondary N) is 1. The van der Waals surface area contributed by atoms with Crippen molar-refractivity contribution in [2.24, 2.45) is 0 Å². The number of unbranched alkanes of at least 4 members (excludes halogenated alkanes) is 3. The Morgan fingerprint density at radius 3 is 2.06 bits per heavy atom. The van der Waals surface area contributed by atoms with Gasteiger partial charge in [0.2, 0.25) is 5.91 Å². The Morgan fingerprint density at radius 1 is 0.903 bits per heavy atom. The Kier molecular flexibility index (Phi) is 22.0. The lowest BCUT2D eigenvalue weighted by Crippen LogP contribution is -2.32. The molecule has 182 valence electrons. The third kappa shape index (κ3) is 24.6. The van der Waals surface area contributed by atoms with Crippen molar-refractivity contribution in [1.82, 2.24) is 5.32 Å². The standard InChI is InChI=1S/C22H41NO8/c1-3-4-5-6-7-8-20(2)31-19-21(24)23-10-12-28-14-16-30-18-17-29-15-13-27-11-9-22(25)26/h3,20H,1,4-19H2,2H3,(H,23,24)(H,25,26). The molecule has 0 aromatic heterocycles. The molecule has 0 aromatic rings. The second kappa shape index (κ2) is 23.1. The minimum absolute atomic E-state index is 0.00324. The van der Waals surface area contributed by atoms with Gasteiger partial charge in [0.15, 0.2) is 0 Å². The van der Waals surface area contributed by atoms with E-state index in [9.17, 15) is 9.59 Å². The maximum Gasteiger partial charge on any atom is 0.305 e. The van der Waals surface area contributed by atoms with Gasteiger partial charge in [-0.05, 0) is 26.2 Å². The maximum atomic E-state index is 11.7. The first-order chi connectivity index (χ1) is 15.1. The van der Waals surface area contributed by atoms with Crippen molar-refractivity contribution in [1.29, 1.82) is 0 Å². The van der Waals surface area contributed by atoms with Crippen molar-refractivity contribution < 1.29 is 38.4 Å². The zero-order chi connectivity index (χ0) is 23.0. The predicted octanol–water partition coefficient (Wildman–Crippen LogP) is 2.19. The SMILES string of the molecule is C=CCCCCCC(C)OCC(=O)NCCOCCOCCOCCOCCC(=O)O. The lowest BCUT2D eigenvalue weighted by atomic mass is 10.1. The Morgan fingerprint density at radius 2 is 1.48 bits per heavy atom. The Hall–Kier alpha value is -1.52. The fourth-order valence-electron chi connectivity index (χ4n) is 2.43. The number of carboxylic acid groups (broad SMARTS) is 1. The van der Waals surface area contributed by atoms with Crippen LogP contribution >= 0.6 is 0 Å². The molecule has 0 bridgehead atoms. The summed E-state index contributed by atoms with van der Waals surface area (Å²) in [7, 11) is 0. The third-order valence-electron chi connectivity index (χ3n) is 4.16. The van der Waals surface area contributed by atoms with E-state index in [1.807, 2.05) is 13.0 Å². The molecule has 0 saturated heterocycles. The van der Waals surface area contributed by atoms with Crippen molar-refractivity contribution in [3.8, 4) is 0 Å². The molecule has 0 rings (SSSR count). The van der Waals surface area contributed by atoms with Gasteiger partial charge in [-0.1, -0.05) is 18.9 Å². The Labute approximate surface area is 186 Å². The summed E-state index contributed by atoms with van der Waals surface area (Å²) in [5.74, 6) is -1.01. The number of amides is 1. The fraction of sp³-hybridized carbons (Fsp3) is 0.818. The zero-order valence-electron chi connectivity index (χ0n) is 19.0. The van der Waals surface area contributed by atoms with Crippen LogP contribution in [0.15, 0.2) is 12.7 Å². The largest absolute Gasteiger partial charge is 0.481 e. The summed E-state index contributed by atoms with van der Waals surface area (Å²) in [5.41, 5.74) is 0. The molecular weight excluding hydrogens is 406 g/mol. The van der Waals surface area contributed by atoms with Gasteiger partial charge in [-0.3, -0.25) is 9.59 Å². The first kappa shape index (κ1) is 29.5. The summed E-state index contributed by atoms with van der Waals surface area (Å²) in [6, 6.07) is 0. The molecule has 0 spiro atoms. The van der Waals surface area contributed by atoms with Crippen LogP contribution in [-0.4, -0.2) is 89.1 Å². The second-order valence-corrected chi connectivity index (χ2v) is 6.99. The number of aliphatic carboxylic acids is 1. The molecule has 0 saturated carbocycles. The number of carboxylic acids is 1. The fourth-order valence-corrected chi connectivity index (χ4v) is 2.43. The van der Waals surface area contributed by atoms with Gasteiger partial charge >= 0.3 is 5.97 Å². The summed E-state index contributed by atoms with van der Waals surface area (Å²) >= 11 is 0. The molecule has 0 aromatic carbocycles. The van der Waals surface area contributed by atoms with Crippen molar-refractivity contribution >= 4 is 11.9 Å². The maximum absolute atomic E-state index is 11.7. The van der Waals surface area contributed by atoms with Crippen LogP contribution in [0.25, 0.3) is 0 Å². The molecule has 1 unspecified atom stereocenters. The normalized spacial score (nSPS) is 11.9. The number of carbonyl (C=O) groups is 2. The number of carbonyl (C=O) groups excluding carboxylic acids is 1. The molecule has 0 fully saturated rings. The van der Waals surface area contributed by atoms with E-state index in [0.717, 1.165) is 32.1 Å². The molecule has 0 aliphatic heterocycles. The van der Waals surface area contributed by atoms with Crippen molar-refractivity contribution in [2.45, 2.75) is 51.6 Å². The van der Waals surface area contributed by atoms with Gasteiger partial charge in [0, 0.05) is 6.54 Å². The molecule has 0 radical (unpaired) electrons. The molecule has 2 N–H and O–H groups in total.